The van der Waals surface area contributed by atoms with Crippen molar-refractivity contribution in [2.45, 2.75) is 28.0 Å². The van der Waals surface area contributed by atoms with Gasteiger partial charge < -0.3 is 5.73 Å². The number of carbonyl (C=O) groups is 1. The summed E-state index contributed by atoms with van der Waals surface area (Å²) in [4.78, 5) is 16.4. The van der Waals surface area contributed by atoms with Crippen molar-refractivity contribution in [1.82, 2.24) is 4.98 Å². The predicted octanol–water partition coefficient (Wildman–Crippen LogP) is 5.61. The molecule has 3 aromatic rings. The van der Waals surface area contributed by atoms with Gasteiger partial charge in [-0.25, -0.2) is 4.98 Å². The van der Waals surface area contributed by atoms with E-state index in [9.17, 15) is 4.79 Å². The Labute approximate surface area is 160 Å². The molecule has 1 aromatic carbocycles. The molecule has 0 aliphatic heterocycles. The summed E-state index contributed by atoms with van der Waals surface area (Å²) in [7, 11) is 0. The molecule has 128 valence electrons. The SMILES string of the molecule is NC(=O)c1cccc(Cl)c1.c1ccc(Sc2ccc(C3CC3)s2)nc1. The Kier molecular flexibility index (Phi) is 6.13. The molecule has 3 nitrogen and oxygen atoms in total. The van der Waals surface area contributed by atoms with Crippen molar-refractivity contribution >= 4 is 40.6 Å². The summed E-state index contributed by atoms with van der Waals surface area (Å²) >= 11 is 9.26. The van der Waals surface area contributed by atoms with E-state index in [1.165, 1.54) is 23.1 Å². The molecule has 0 unspecified atom stereocenters. The zero-order valence-corrected chi connectivity index (χ0v) is 15.8. The first-order valence-corrected chi connectivity index (χ1v) is 9.87. The monoisotopic (exact) mass is 388 g/mol. The van der Waals surface area contributed by atoms with Crippen LogP contribution in [0.3, 0.4) is 0 Å². The van der Waals surface area contributed by atoms with Crippen LogP contribution >= 0.6 is 34.7 Å². The Morgan fingerprint density at radius 2 is 2.00 bits per heavy atom. The number of thiophene rings is 1. The van der Waals surface area contributed by atoms with E-state index >= 15 is 0 Å². The fourth-order valence-corrected chi connectivity index (χ4v) is 4.54. The van der Waals surface area contributed by atoms with Gasteiger partial charge in [0.25, 0.3) is 0 Å². The summed E-state index contributed by atoms with van der Waals surface area (Å²) in [5.74, 6) is 0.413. The smallest absolute Gasteiger partial charge is 0.248 e. The average Bonchev–Trinajstić information content (AvgIpc) is 3.36. The molecule has 2 N–H and O–H groups in total. The molecule has 0 spiro atoms. The number of benzene rings is 1. The number of hydrogen-bond acceptors (Lipinski definition) is 4. The highest BCUT2D eigenvalue weighted by Gasteiger charge is 2.25. The quantitative estimate of drug-likeness (QED) is 0.631. The first kappa shape index (κ1) is 18.0. The molecule has 4 rings (SSSR count). The number of nitrogens with zero attached hydrogens (tertiary/aromatic N) is 1. The highest BCUT2D eigenvalue weighted by molar-refractivity contribution is 8.01. The van der Waals surface area contributed by atoms with Crippen LogP contribution in [0, 0.1) is 0 Å². The molecule has 0 radical (unpaired) electrons. The highest BCUT2D eigenvalue weighted by Crippen LogP contribution is 2.45. The third-order valence-corrected chi connectivity index (χ3v) is 6.10. The molecule has 2 heterocycles. The molecule has 1 aliphatic rings. The van der Waals surface area contributed by atoms with Crippen LogP contribution in [0.25, 0.3) is 0 Å². The Morgan fingerprint density at radius 1 is 1.16 bits per heavy atom. The zero-order chi connectivity index (χ0) is 17.6. The second kappa shape index (κ2) is 8.52. The molecular weight excluding hydrogens is 372 g/mol. The van der Waals surface area contributed by atoms with Crippen molar-refractivity contribution < 1.29 is 4.79 Å². The Morgan fingerprint density at radius 3 is 2.60 bits per heavy atom. The molecule has 6 heteroatoms. The Balaban J connectivity index is 0.000000160. The van der Waals surface area contributed by atoms with Gasteiger partial charge in [-0.3, -0.25) is 4.79 Å². The summed E-state index contributed by atoms with van der Waals surface area (Å²) in [5, 5.41) is 1.61. The van der Waals surface area contributed by atoms with Crippen LogP contribution in [0.2, 0.25) is 5.02 Å². The van der Waals surface area contributed by atoms with Crippen molar-refractivity contribution in [3.05, 3.63) is 76.3 Å². The average molecular weight is 389 g/mol. The van der Waals surface area contributed by atoms with Gasteiger partial charge in [0.05, 0.1) is 4.21 Å². The first-order valence-electron chi connectivity index (χ1n) is 7.86. The maximum atomic E-state index is 10.5. The van der Waals surface area contributed by atoms with Gasteiger partial charge >= 0.3 is 0 Å². The van der Waals surface area contributed by atoms with E-state index in [4.69, 9.17) is 17.3 Å². The van der Waals surface area contributed by atoms with Crippen LogP contribution in [-0.2, 0) is 0 Å². The summed E-state index contributed by atoms with van der Waals surface area (Å²) in [6, 6.07) is 17.1. The second-order valence-electron chi connectivity index (χ2n) is 5.58. The third kappa shape index (κ3) is 5.59. The van der Waals surface area contributed by atoms with Crippen molar-refractivity contribution in [2.75, 3.05) is 0 Å². The van der Waals surface area contributed by atoms with Gasteiger partial charge in [-0.2, -0.15) is 0 Å². The summed E-state index contributed by atoms with van der Waals surface area (Å²) in [6.07, 6.45) is 4.61. The van der Waals surface area contributed by atoms with Crippen LogP contribution in [0.5, 0.6) is 0 Å². The van der Waals surface area contributed by atoms with E-state index in [1.807, 2.05) is 29.7 Å². The minimum Gasteiger partial charge on any atom is -0.366 e. The lowest BCUT2D eigenvalue weighted by Crippen LogP contribution is -2.10. The molecule has 1 amide bonds. The normalized spacial score (nSPS) is 13.0. The fraction of sp³-hybridized carbons (Fsp3) is 0.158. The number of aromatic nitrogens is 1. The van der Waals surface area contributed by atoms with Crippen LogP contribution in [0.4, 0.5) is 0 Å². The second-order valence-corrected chi connectivity index (χ2v) is 8.45. The molecule has 0 saturated heterocycles. The standard InChI is InChI=1S/C12H11NS2.C7H6ClNO/c1-2-8-13-11(3-1)15-12-7-6-10(14-12)9-4-5-9;8-6-3-1-2-5(4-6)7(9)10/h1-3,6-9H,4-5H2;1-4H,(H2,9,10). The van der Waals surface area contributed by atoms with Gasteiger partial charge in [0, 0.05) is 21.7 Å². The Hall–Kier alpha value is -1.82. The molecule has 2 aromatic heterocycles. The van der Waals surface area contributed by atoms with Crippen LogP contribution in [0.15, 0.2) is 70.0 Å². The predicted molar refractivity (Wildman–Crippen MR) is 105 cm³/mol. The van der Waals surface area contributed by atoms with E-state index in [0.717, 1.165) is 10.9 Å². The number of carbonyl (C=O) groups excluding carboxylic acids is 1. The molecule has 0 atom stereocenters. The van der Waals surface area contributed by atoms with Gasteiger partial charge in [0.15, 0.2) is 0 Å². The molecular formula is C19H17ClN2OS2. The number of rotatable bonds is 4. The number of halogens is 1. The number of amides is 1. The van der Waals surface area contributed by atoms with E-state index in [0.29, 0.717) is 10.6 Å². The third-order valence-electron chi connectivity index (χ3n) is 3.53. The van der Waals surface area contributed by atoms with Gasteiger partial charge in [-0.05, 0) is 61.2 Å². The van der Waals surface area contributed by atoms with Crippen molar-refractivity contribution in [2.24, 2.45) is 5.73 Å². The number of hydrogen-bond donors (Lipinski definition) is 1. The lowest BCUT2D eigenvalue weighted by atomic mass is 10.2. The number of nitrogens with two attached hydrogens (primary N) is 1. The van der Waals surface area contributed by atoms with Crippen LogP contribution in [0.1, 0.15) is 34.0 Å². The Bertz CT molecular complexity index is 847. The molecule has 0 bridgehead atoms. The minimum absolute atomic E-state index is 0.438. The van der Waals surface area contributed by atoms with Gasteiger partial charge in [-0.15, -0.1) is 11.3 Å². The molecule has 1 aliphatic carbocycles. The minimum atomic E-state index is -0.456. The maximum Gasteiger partial charge on any atom is 0.248 e. The van der Waals surface area contributed by atoms with Gasteiger partial charge in [0.2, 0.25) is 5.91 Å². The summed E-state index contributed by atoms with van der Waals surface area (Å²) < 4.78 is 1.36. The van der Waals surface area contributed by atoms with Gasteiger partial charge in [0.1, 0.15) is 5.03 Å². The lowest BCUT2D eigenvalue weighted by Gasteiger charge is -1.95. The van der Waals surface area contributed by atoms with E-state index in [-0.39, 0.29) is 0 Å². The first-order chi connectivity index (χ1) is 12.1. The largest absolute Gasteiger partial charge is 0.366 e. The van der Waals surface area contributed by atoms with Crippen LogP contribution in [-0.4, -0.2) is 10.9 Å². The number of pyridine rings is 1. The maximum absolute atomic E-state index is 10.5. The molecule has 25 heavy (non-hydrogen) atoms. The highest BCUT2D eigenvalue weighted by atomic mass is 35.5. The fourth-order valence-electron chi connectivity index (χ4n) is 2.13. The zero-order valence-electron chi connectivity index (χ0n) is 13.4. The molecule has 1 fully saturated rings. The van der Waals surface area contributed by atoms with Crippen molar-refractivity contribution in [3.8, 4) is 0 Å². The van der Waals surface area contributed by atoms with E-state index in [1.54, 1.807) is 34.8 Å². The van der Waals surface area contributed by atoms with Gasteiger partial charge in [-0.1, -0.05) is 35.5 Å². The summed E-state index contributed by atoms with van der Waals surface area (Å²) in [5.41, 5.74) is 5.42. The van der Waals surface area contributed by atoms with Crippen LogP contribution < -0.4 is 5.73 Å². The van der Waals surface area contributed by atoms with Crippen molar-refractivity contribution in [1.29, 1.82) is 0 Å². The number of primary amides is 1. The van der Waals surface area contributed by atoms with E-state index in [2.05, 4.69) is 23.2 Å². The summed E-state index contributed by atoms with van der Waals surface area (Å²) in [6.45, 7) is 0. The molecule has 1 saturated carbocycles. The topological polar surface area (TPSA) is 56.0 Å². The van der Waals surface area contributed by atoms with Crippen molar-refractivity contribution in [3.63, 3.8) is 0 Å². The lowest BCUT2D eigenvalue weighted by molar-refractivity contribution is 0.100. The van der Waals surface area contributed by atoms with E-state index < -0.39 is 5.91 Å².